The lowest BCUT2D eigenvalue weighted by Gasteiger charge is -2.15. The van der Waals surface area contributed by atoms with Gasteiger partial charge in [-0.2, -0.15) is 5.26 Å². The molecule has 0 spiro atoms. The van der Waals surface area contributed by atoms with E-state index in [-0.39, 0.29) is 5.75 Å². The Kier molecular flexibility index (Phi) is 5.21. The second kappa shape index (κ2) is 7.32. The van der Waals surface area contributed by atoms with E-state index in [1.165, 1.54) is 19.2 Å². The molecule has 0 heterocycles. The van der Waals surface area contributed by atoms with Crippen molar-refractivity contribution >= 4 is 5.97 Å². The van der Waals surface area contributed by atoms with Crippen LogP contribution < -0.4 is 14.2 Å². The molecule has 0 aromatic heterocycles. The largest absolute Gasteiger partial charge is 0.493 e. The number of methoxy groups -OCH3 is 1. The van der Waals surface area contributed by atoms with E-state index in [9.17, 15) is 4.79 Å². The molecule has 0 radical (unpaired) electrons. The molecule has 118 valence electrons. The van der Waals surface area contributed by atoms with Gasteiger partial charge in [0.1, 0.15) is 5.75 Å². The monoisotopic (exact) mass is 311 g/mol. The van der Waals surface area contributed by atoms with Crippen LogP contribution in [0.1, 0.15) is 18.1 Å². The molecule has 0 aliphatic rings. The Balaban J connectivity index is 2.06. The fourth-order valence-electron chi connectivity index (χ4n) is 1.88. The molecule has 0 aliphatic carbocycles. The van der Waals surface area contributed by atoms with Crippen LogP contribution in [0.5, 0.6) is 17.2 Å². The Hall–Kier alpha value is -3.00. The zero-order chi connectivity index (χ0) is 16.8. The first kappa shape index (κ1) is 16.4. The molecule has 23 heavy (non-hydrogen) atoms. The smallest absolute Gasteiger partial charge is 0.352 e. The van der Waals surface area contributed by atoms with Crippen LogP contribution in [-0.2, 0) is 4.79 Å². The van der Waals surface area contributed by atoms with Gasteiger partial charge in [-0.1, -0.05) is 17.7 Å². The first-order valence-electron chi connectivity index (χ1n) is 7.06. The van der Waals surface area contributed by atoms with Crippen molar-refractivity contribution in [1.29, 1.82) is 5.26 Å². The number of aryl methyl sites for hydroxylation is 1. The molecule has 0 amide bonds. The summed E-state index contributed by atoms with van der Waals surface area (Å²) in [6.45, 7) is 3.58. The van der Waals surface area contributed by atoms with Crippen LogP contribution >= 0.6 is 0 Å². The first-order chi connectivity index (χ1) is 11.0. The van der Waals surface area contributed by atoms with Crippen molar-refractivity contribution in [1.82, 2.24) is 0 Å². The average Bonchev–Trinajstić information content (AvgIpc) is 2.57. The first-order valence-corrected chi connectivity index (χ1v) is 7.06. The minimum Gasteiger partial charge on any atom is -0.493 e. The summed E-state index contributed by atoms with van der Waals surface area (Å²) in [4.78, 5) is 12.1. The number of esters is 1. The summed E-state index contributed by atoms with van der Waals surface area (Å²) in [6.07, 6.45) is -0.780. The lowest BCUT2D eigenvalue weighted by molar-refractivity contribution is -0.141. The Labute approximate surface area is 135 Å². The maximum Gasteiger partial charge on any atom is 0.352 e. The van der Waals surface area contributed by atoms with Crippen molar-refractivity contribution in [3.05, 3.63) is 53.6 Å². The van der Waals surface area contributed by atoms with Gasteiger partial charge in [0.05, 0.1) is 18.7 Å². The van der Waals surface area contributed by atoms with Gasteiger partial charge in [0.15, 0.2) is 17.6 Å². The van der Waals surface area contributed by atoms with E-state index in [1.807, 2.05) is 25.1 Å². The van der Waals surface area contributed by atoms with Gasteiger partial charge in [0, 0.05) is 6.07 Å². The molecule has 1 atom stereocenters. The maximum atomic E-state index is 12.1. The highest BCUT2D eigenvalue weighted by Gasteiger charge is 2.19. The molecule has 0 saturated carbocycles. The van der Waals surface area contributed by atoms with Crippen molar-refractivity contribution in [2.45, 2.75) is 20.0 Å². The van der Waals surface area contributed by atoms with E-state index < -0.39 is 12.1 Å². The van der Waals surface area contributed by atoms with E-state index >= 15 is 0 Å². The van der Waals surface area contributed by atoms with Crippen LogP contribution in [0.15, 0.2) is 42.5 Å². The van der Waals surface area contributed by atoms with E-state index in [1.54, 1.807) is 25.1 Å². The highest BCUT2D eigenvalue weighted by Crippen LogP contribution is 2.28. The van der Waals surface area contributed by atoms with Gasteiger partial charge in [-0.05, 0) is 38.1 Å². The summed E-state index contributed by atoms with van der Waals surface area (Å²) in [6, 6.07) is 14.0. The van der Waals surface area contributed by atoms with Gasteiger partial charge in [-0.3, -0.25) is 0 Å². The fourth-order valence-corrected chi connectivity index (χ4v) is 1.88. The summed E-state index contributed by atoms with van der Waals surface area (Å²) in [5, 5.41) is 8.87. The van der Waals surface area contributed by atoms with E-state index in [0.717, 1.165) is 5.56 Å². The number of ether oxygens (including phenoxy) is 3. The van der Waals surface area contributed by atoms with E-state index in [2.05, 4.69) is 0 Å². The Morgan fingerprint density at radius 2 is 1.83 bits per heavy atom. The Morgan fingerprint density at radius 3 is 2.43 bits per heavy atom. The molecule has 2 aromatic carbocycles. The minimum atomic E-state index is -0.780. The molecule has 0 saturated heterocycles. The molecule has 2 rings (SSSR count). The second-order valence-corrected chi connectivity index (χ2v) is 4.97. The third kappa shape index (κ3) is 4.24. The van der Waals surface area contributed by atoms with Crippen LogP contribution in [0.4, 0.5) is 0 Å². The highest BCUT2D eigenvalue weighted by atomic mass is 16.6. The van der Waals surface area contributed by atoms with Crippen molar-refractivity contribution in [2.24, 2.45) is 0 Å². The number of carbonyl (C=O) groups excluding carboxylic acids is 1. The number of hydrogen-bond donors (Lipinski definition) is 0. The fraction of sp³-hybridized carbons (Fsp3) is 0.222. The van der Waals surface area contributed by atoms with Gasteiger partial charge in [-0.25, -0.2) is 4.79 Å². The number of hydrogen-bond acceptors (Lipinski definition) is 5. The normalized spacial score (nSPS) is 11.2. The summed E-state index contributed by atoms with van der Waals surface area (Å²) in [5.41, 5.74) is 1.53. The molecule has 5 nitrogen and oxygen atoms in total. The number of nitriles is 1. The Bertz CT molecular complexity index is 732. The number of benzene rings is 2. The van der Waals surface area contributed by atoms with Crippen LogP contribution in [0.3, 0.4) is 0 Å². The standard InChI is InChI=1S/C18H17NO4/c1-12-4-7-15(8-5-12)22-13(2)18(20)23-16-9-6-14(11-19)10-17(16)21-3/h4-10,13H,1-3H3. The highest BCUT2D eigenvalue weighted by molar-refractivity contribution is 5.78. The molecule has 0 N–H and O–H groups in total. The number of carbonyl (C=O) groups is 1. The van der Waals surface area contributed by atoms with Gasteiger partial charge in [0.2, 0.25) is 0 Å². The molecular formula is C18H17NO4. The van der Waals surface area contributed by atoms with Crippen LogP contribution in [0.25, 0.3) is 0 Å². The van der Waals surface area contributed by atoms with Gasteiger partial charge < -0.3 is 14.2 Å². The van der Waals surface area contributed by atoms with Crippen molar-refractivity contribution < 1.29 is 19.0 Å². The topological polar surface area (TPSA) is 68.5 Å². The number of nitrogens with zero attached hydrogens (tertiary/aromatic N) is 1. The minimum absolute atomic E-state index is 0.246. The lowest BCUT2D eigenvalue weighted by Crippen LogP contribution is -2.28. The number of rotatable bonds is 5. The molecule has 0 aliphatic heterocycles. The Morgan fingerprint density at radius 1 is 1.13 bits per heavy atom. The van der Waals surface area contributed by atoms with Gasteiger partial charge >= 0.3 is 5.97 Å². The third-order valence-electron chi connectivity index (χ3n) is 3.17. The molecule has 2 aromatic rings. The summed E-state index contributed by atoms with van der Waals surface area (Å²) >= 11 is 0. The van der Waals surface area contributed by atoms with Crippen LogP contribution in [-0.4, -0.2) is 19.2 Å². The molecular weight excluding hydrogens is 294 g/mol. The molecule has 1 unspecified atom stereocenters. The van der Waals surface area contributed by atoms with Crippen molar-refractivity contribution in [3.63, 3.8) is 0 Å². The maximum absolute atomic E-state index is 12.1. The summed E-state index contributed by atoms with van der Waals surface area (Å²) in [7, 11) is 1.44. The zero-order valence-electron chi connectivity index (χ0n) is 13.2. The summed E-state index contributed by atoms with van der Waals surface area (Å²) in [5.74, 6) is 0.608. The molecule has 0 fully saturated rings. The van der Waals surface area contributed by atoms with Crippen molar-refractivity contribution in [3.8, 4) is 23.3 Å². The van der Waals surface area contributed by atoms with Crippen LogP contribution in [0, 0.1) is 18.3 Å². The quantitative estimate of drug-likeness (QED) is 0.626. The SMILES string of the molecule is COc1cc(C#N)ccc1OC(=O)C(C)Oc1ccc(C)cc1. The second-order valence-electron chi connectivity index (χ2n) is 4.97. The summed E-state index contributed by atoms with van der Waals surface area (Å²) < 4.78 is 16.0. The van der Waals surface area contributed by atoms with Gasteiger partial charge in [0.25, 0.3) is 0 Å². The molecule has 0 bridgehead atoms. The predicted octanol–water partition coefficient (Wildman–Crippen LogP) is 3.25. The third-order valence-corrected chi connectivity index (χ3v) is 3.17. The zero-order valence-corrected chi connectivity index (χ0v) is 13.2. The van der Waals surface area contributed by atoms with Crippen molar-refractivity contribution in [2.75, 3.05) is 7.11 Å². The lowest BCUT2D eigenvalue weighted by atomic mass is 10.2. The van der Waals surface area contributed by atoms with Crippen LogP contribution in [0.2, 0.25) is 0 Å². The average molecular weight is 311 g/mol. The van der Waals surface area contributed by atoms with E-state index in [0.29, 0.717) is 17.1 Å². The predicted molar refractivity (Wildman–Crippen MR) is 84.6 cm³/mol. The van der Waals surface area contributed by atoms with Gasteiger partial charge in [-0.15, -0.1) is 0 Å². The van der Waals surface area contributed by atoms with E-state index in [4.69, 9.17) is 19.5 Å². The molecule has 5 heteroatoms.